The third kappa shape index (κ3) is 3.60. The zero-order valence-corrected chi connectivity index (χ0v) is 9.19. The molecule has 0 aliphatic rings. The third-order valence-electron chi connectivity index (χ3n) is 0.606. The second kappa shape index (κ2) is 5.74. The van der Waals surface area contributed by atoms with Gasteiger partial charge in [-0.3, -0.25) is 0 Å². The van der Waals surface area contributed by atoms with Crippen molar-refractivity contribution < 1.29 is 31.9 Å². The van der Waals surface area contributed by atoms with Gasteiger partial charge in [0.05, 0.1) is 0 Å². The maximum atomic E-state index is 3.04. The van der Waals surface area contributed by atoms with Crippen LogP contribution in [0.4, 0.5) is 0 Å². The molecule has 0 aliphatic carbocycles. The Balaban J connectivity index is 0. The van der Waals surface area contributed by atoms with Gasteiger partial charge in [-0.05, 0) is 23.9 Å². The van der Waals surface area contributed by atoms with Gasteiger partial charge in [0, 0.05) is 24.9 Å². The Bertz CT molecular complexity index is 116. The molecule has 8 heavy (non-hydrogen) atoms. The normalized spacial score (nSPS) is 6.62. The second-order valence-electron chi connectivity index (χ2n) is 1.21. The van der Waals surface area contributed by atoms with E-state index in [9.17, 15) is 0 Å². The fraction of sp³-hybridized carbons (Fsp3) is 0.200. The van der Waals surface area contributed by atoms with Crippen LogP contribution in [0.5, 0.6) is 0 Å². The Morgan fingerprint density at radius 2 is 2.25 bits per heavy atom. The summed E-state index contributed by atoms with van der Waals surface area (Å²) >= 11 is 1.61. The van der Waals surface area contributed by atoms with Crippen molar-refractivity contribution in [3.05, 3.63) is 22.4 Å². The molecule has 0 nitrogen and oxygen atoms in total. The first kappa shape index (κ1) is 11.4. The Labute approximate surface area is 72.5 Å². The van der Waals surface area contributed by atoms with Crippen LogP contribution in [0.15, 0.2) is 11.4 Å². The molecular weight excluding hydrogens is 193 g/mol. The summed E-state index contributed by atoms with van der Waals surface area (Å²) < 4.78 is 0. The molecule has 0 fully saturated rings. The first-order valence-corrected chi connectivity index (χ1v) is 2.69. The van der Waals surface area contributed by atoms with Crippen LogP contribution in [0.1, 0.15) is 5.56 Å². The zero-order valence-electron chi connectivity index (χ0n) is 4.65. The standard InChI is InChI=1S/C5H5S.ClH.Zn/c1-5-2-3-6-4-5;;/h2-3H,1H3;1H;/p-1. The van der Waals surface area contributed by atoms with Crippen LogP contribution in [0, 0.1) is 12.3 Å². The Morgan fingerprint density at radius 3 is 2.38 bits per heavy atom. The molecule has 1 aromatic heterocycles. The Morgan fingerprint density at radius 1 is 1.62 bits per heavy atom. The molecule has 0 bridgehead atoms. The molecule has 0 unspecified atom stereocenters. The average molecular weight is 198 g/mol. The van der Waals surface area contributed by atoms with Gasteiger partial charge in [0.15, 0.2) is 0 Å². The number of rotatable bonds is 0. The zero-order chi connectivity index (χ0) is 4.41. The summed E-state index contributed by atoms with van der Waals surface area (Å²) in [4.78, 5) is 0. The SMILES string of the molecule is Cc1[c]scc1.[Cl-].[Zn]. The van der Waals surface area contributed by atoms with E-state index in [1.807, 2.05) is 18.4 Å². The van der Waals surface area contributed by atoms with Crippen molar-refractivity contribution in [1.82, 2.24) is 0 Å². The van der Waals surface area contributed by atoms with Crippen molar-refractivity contribution in [2.24, 2.45) is 0 Å². The van der Waals surface area contributed by atoms with Gasteiger partial charge in [-0.15, -0.1) is 11.3 Å². The third-order valence-corrected chi connectivity index (χ3v) is 1.32. The van der Waals surface area contributed by atoms with E-state index in [-0.39, 0.29) is 31.9 Å². The molecule has 0 saturated carbocycles. The van der Waals surface area contributed by atoms with Crippen molar-refractivity contribution in [1.29, 1.82) is 0 Å². The molecule has 0 aromatic carbocycles. The van der Waals surface area contributed by atoms with Crippen LogP contribution < -0.4 is 12.4 Å². The molecule has 0 saturated heterocycles. The molecule has 0 N–H and O–H groups in total. The van der Waals surface area contributed by atoms with Gasteiger partial charge in [-0.25, -0.2) is 0 Å². The van der Waals surface area contributed by atoms with Crippen molar-refractivity contribution in [3.63, 3.8) is 0 Å². The van der Waals surface area contributed by atoms with Gasteiger partial charge in [-0.2, -0.15) is 0 Å². The minimum atomic E-state index is 0. The quantitative estimate of drug-likeness (QED) is 0.462. The molecule has 3 heteroatoms. The number of halogens is 1. The summed E-state index contributed by atoms with van der Waals surface area (Å²) in [6, 6.07) is 2.05. The minimum Gasteiger partial charge on any atom is -1.00 e. The average Bonchev–Trinajstić information content (AvgIpc) is 1.86. The van der Waals surface area contributed by atoms with Gasteiger partial charge >= 0.3 is 0 Å². The first-order valence-electron chi connectivity index (χ1n) is 1.81. The van der Waals surface area contributed by atoms with E-state index in [4.69, 9.17) is 0 Å². The van der Waals surface area contributed by atoms with Crippen LogP contribution in [0.25, 0.3) is 0 Å². The van der Waals surface area contributed by atoms with E-state index in [1.165, 1.54) is 5.56 Å². The molecule has 0 spiro atoms. The molecule has 1 aromatic rings. The van der Waals surface area contributed by atoms with Gasteiger partial charge in [0.1, 0.15) is 0 Å². The minimum absolute atomic E-state index is 0. The monoisotopic (exact) mass is 196 g/mol. The fourth-order valence-corrected chi connectivity index (χ4v) is 0.891. The fourth-order valence-electron chi connectivity index (χ4n) is 0.297. The molecule has 41 valence electrons. The van der Waals surface area contributed by atoms with E-state index in [2.05, 4.69) is 5.38 Å². The largest absolute Gasteiger partial charge is 1.00 e. The van der Waals surface area contributed by atoms with Crippen LogP contribution >= 0.6 is 11.3 Å². The molecule has 1 radical (unpaired) electrons. The van der Waals surface area contributed by atoms with Crippen LogP contribution in [0.3, 0.4) is 0 Å². The van der Waals surface area contributed by atoms with Crippen LogP contribution in [-0.4, -0.2) is 0 Å². The molecule has 0 amide bonds. The Kier molecular flexibility index (Phi) is 8.20. The van der Waals surface area contributed by atoms with Crippen molar-refractivity contribution >= 4 is 11.3 Å². The number of hydrogen-bond acceptors (Lipinski definition) is 1. The molecular formula is C5H5ClSZn-. The summed E-state index contributed by atoms with van der Waals surface area (Å²) in [5.41, 5.74) is 1.24. The molecule has 1 heterocycles. The van der Waals surface area contributed by atoms with E-state index in [0.717, 1.165) is 0 Å². The smallest absolute Gasteiger partial charge is 0.0474 e. The van der Waals surface area contributed by atoms with Gasteiger partial charge in [0.2, 0.25) is 0 Å². The summed E-state index contributed by atoms with van der Waals surface area (Å²) in [7, 11) is 0. The van der Waals surface area contributed by atoms with Crippen LogP contribution in [0.2, 0.25) is 0 Å². The van der Waals surface area contributed by atoms with Crippen molar-refractivity contribution in [2.45, 2.75) is 6.92 Å². The van der Waals surface area contributed by atoms with Gasteiger partial charge in [0.25, 0.3) is 0 Å². The topological polar surface area (TPSA) is 0 Å². The summed E-state index contributed by atoms with van der Waals surface area (Å²) in [5, 5.41) is 5.06. The van der Waals surface area contributed by atoms with E-state index in [0.29, 0.717) is 0 Å². The van der Waals surface area contributed by atoms with Crippen molar-refractivity contribution in [3.8, 4) is 0 Å². The van der Waals surface area contributed by atoms with E-state index >= 15 is 0 Å². The second-order valence-corrected chi connectivity index (χ2v) is 1.92. The molecule has 0 aliphatic heterocycles. The summed E-state index contributed by atoms with van der Waals surface area (Å²) in [6.07, 6.45) is 0. The summed E-state index contributed by atoms with van der Waals surface area (Å²) in [5.74, 6) is 0. The van der Waals surface area contributed by atoms with Crippen molar-refractivity contribution in [2.75, 3.05) is 0 Å². The Hall–Kier alpha value is 0.613. The van der Waals surface area contributed by atoms with E-state index in [1.54, 1.807) is 11.3 Å². The number of aryl methyl sites for hydroxylation is 1. The van der Waals surface area contributed by atoms with Gasteiger partial charge in [-0.1, -0.05) is 0 Å². The van der Waals surface area contributed by atoms with E-state index < -0.39 is 0 Å². The number of thiophene rings is 1. The first-order chi connectivity index (χ1) is 2.89. The molecule has 0 atom stereocenters. The van der Waals surface area contributed by atoms with Crippen LogP contribution in [-0.2, 0) is 19.5 Å². The molecule has 1 rings (SSSR count). The predicted molar refractivity (Wildman–Crippen MR) is 27.9 cm³/mol. The van der Waals surface area contributed by atoms with Gasteiger partial charge < -0.3 is 12.4 Å². The number of hydrogen-bond donors (Lipinski definition) is 0. The predicted octanol–water partition coefficient (Wildman–Crippen LogP) is -1.14. The maximum absolute atomic E-state index is 3.04. The maximum Gasteiger partial charge on any atom is 0.0474 e. The summed E-state index contributed by atoms with van der Waals surface area (Å²) in [6.45, 7) is 2.04.